The van der Waals surface area contributed by atoms with Crippen LogP contribution in [-0.4, -0.2) is 28.9 Å². The van der Waals surface area contributed by atoms with Crippen molar-refractivity contribution in [3.63, 3.8) is 0 Å². The maximum Gasteiger partial charge on any atom is 0.137 e. The molecule has 1 N–H and O–H groups in total. The van der Waals surface area contributed by atoms with E-state index in [0.29, 0.717) is 36.7 Å². The molecule has 8 atom stereocenters. The van der Waals surface area contributed by atoms with E-state index in [-0.39, 0.29) is 41.1 Å². The number of aliphatic hydroxyl groups is 1. The second-order valence-corrected chi connectivity index (χ2v) is 12.1. The van der Waals surface area contributed by atoms with E-state index in [1.54, 1.807) is 0 Å². The molecule has 5 rings (SSSR count). The van der Waals surface area contributed by atoms with E-state index in [2.05, 4.69) is 12.9 Å². The highest BCUT2D eigenvalue weighted by Gasteiger charge is 2.63. The molecule has 1 aromatic carbocycles. The van der Waals surface area contributed by atoms with Crippen LogP contribution in [0.3, 0.4) is 0 Å². The lowest BCUT2D eigenvalue weighted by atomic mass is 9.47. The van der Waals surface area contributed by atoms with Gasteiger partial charge in [0.2, 0.25) is 0 Å². The fourth-order valence-electron chi connectivity index (χ4n) is 8.62. The van der Waals surface area contributed by atoms with Crippen molar-refractivity contribution in [1.29, 1.82) is 5.26 Å². The first-order valence-corrected chi connectivity index (χ1v) is 13.1. The average Bonchev–Trinajstić information content (AvgIpc) is 3.18. The van der Waals surface area contributed by atoms with Gasteiger partial charge in [-0.1, -0.05) is 6.92 Å². The van der Waals surface area contributed by atoms with E-state index in [1.807, 2.05) is 13.0 Å². The van der Waals surface area contributed by atoms with Gasteiger partial charge in [-0.15, -0.1) is 0 Å². The number of hydrogen-bond donors (Lipinski definition) is 1. The summed E-state index contributed by atoms with van der Waals surface area (Å²) < 4.78 is 35.8. The van der Waals surface area contributed by atoms with Crippen LogP contribution in [-0.2, 0) is 4.79 Å². The molecule has 0 bridgehead atoms. The van der Waals surface area contributed by atoms with Gasteiger partial charge in [-0.2, -0.15) is 5.26 Å². The molecule has 0 aromatic heterocycles. The molecule has 0 unspecified atom stereocenters. The largest absolute Gasteiger partial charge is 0.487 e. The minimum Gasteiger partial charge on any atom is -0.487 e. The second kappa shape index (κ2) is 8.71. The summed E-state index contributed by atoms with van der Waals surface area (Å²) in [6, 6.07) is 5.72. The van der Waals surface area contributed by atoms with Crippen LogP contribution in [0.4, 0.5) is 8.78 Å². The van der Waals surface area contributed by atoms with Crippen molar-refractivity contribution in [2.24, 2.45) is 35.0 Å². The number of carbonyl (C=O) groups excluding carboxylic acids is 1. The number of halogens is 2. The van der Waals surface area contributed by atoms with E-state index in [1.165, 1.54) is 12.1 Å². The zero-order valence-corrected chi connectivity index (χ0v) is 20.7. The van der Waals surface area contributed by atoms with Gasteiger partial charge in [0.25, 0.3) is 0 Å². The quantitative estimate of drug-likeness (QED) is 0.538. The van der Waals surface area contributed by atoms with Crippen molar-refractivity contribution < 1.29 is 23.4 Å². The van der Waals surface area contributed by atoms with E-state index < -0.39 is 17.1 Å². The highest BCUT2D eigenvalue weighted by Crippen LogP contribution is 2.67. The van der Waals surface area contributed by atoms with Crippen LogP contribution in [0, 0.1) is 52.2 Å². The van der Waals surface area contributed by atoms with Crippen molar-refractivity contribution in [3.8, 4) is 11.8 Å². The summed E-state index contributed by atoms with van der Waals surface area (Å²) in [5, 5.41) is 19.9. The minimum atomic E-state index is -1.19. The van der Waals surface area contributed by atoms with Crippen LogP contribution in [0.25, 0.3) is 0 Å². The molecule has 4 saturated carbocycles. The zero-order chi connectivity index (χ0) is 25.0. The summed E-state index contributed by atoms with van der Waals surface area (Å²) in [6.45, 7) is 4.12. The lowest BCUT2D eigenvalue weighted by Crippen LogP contribution is -2.58. The Labute approximate surface area is 206 Å². The predicted molar refractivity (Wildman–Crippen MR) is 127 cm³/mol. The molecule has 0 heterocycles. The van der Waals surface area contributed by atoms with Crippen molar-refractivity contribution in [2.75, 3.05) is 6.61 Å². The van der Waals surface area contributed by atoms with E-state index in [0.717, 1.165) is 44.6 Å². The average molecular weight is 484 g/mol. The van der Waals surface area contributed by atoms with Crippen LogP contribution in [0.15, 0.2) is 23.8 Å². The lowest BCUT2D eigenvalue weighted by Gasteiger charge is -2.59. The number of rotatable bonds is 4. The zero-order valence-electron chi connectivity index (χ0n) is 20.7. The molecule has 0 spiro atoms. The normalized spacial score (nSPS) is 42.1. The predicted octanol–water partition coefficient (Wildman–Crippen LogP) is 5.95. The molecular weight excluding hydrogens is 448 g/mol. The summed E-state index contributed by atoms with van der Waals surface area (Å²) in [7, 11) is 0. The minimum absolute atomic E-state index is 0.0114. The van der Waals surface area contributed by atoms with E-state index in [9.17, 15) is 19.6 Å². The number of fused-ring (bicyclic) bond motifs is 5. The highest BCUT2D eigenvalue weighted by atomic mass is 19.1. The molecule has 0 saturated heterocycles. The maximum atomic E-state index is 16.6. The first kappa shape index (κ1) is 24.5. The SMILES string of the molecule is C[C@@]1(O)CC[C@@]2(F)[C@H](CC[C@H]3[C@@H]4CC[C@H](C(=C=O)COc5ccc(F)cc5C#N)[C@@]4(C)CC[C@@H]32)C1. The molecule has 0 radical (unpaired) electrons. The van der Waals surface area contributed by atoms with Gasteiger partial charge in [-0.25, -0.2) is 13.6 Å². The summed E-state index contributed by atoms with van der Waals surface area (Å²) in [5.41, 5.74) is -1.40. The lowest BCUT2D eigenvalue weighted by molar-refractivity contribution is -0.163. The molecule has 4 aliphatic rings. The summed E-state index contributed by atoms with van der Waals surface area (Å²) in [5.74, 6) is 2.53. The molecule has 35 heavy (non-hydrogen) atoms. The van der Waals surface area contributed by atoms with Crippen LogP contribution < -0.4 is 4.74 Å². The summed E-state index contributed by atoms with van der Waals surface area (Å²) >= 11 is 0. The standard InChI is InChI=1S/C29H35F2NO3/c1-27(34)11-12-29(31)20(14-27)3-5-22-24-7-6-23(28(24,2)10-9-25(22)29)19(16-33)17-35-26-8-4-21(30)13-18(26)15-32/h4,8,13,20,22-25,34H,3,5-7,9-12,14,17H2,1-2H3/t20-,22+,23-,24+,25+,27-,28-,29-/m1/s1. The topological polar surface area (TPSA) is 70.3 Å². The summed E-state index contributed by atoms with van der Waals surface area (Å²) in [4.78, 5) is 12.1. The Kier molecular flexibility index (Phi) is 6.09. The Morgan fingerprint density at radius 3 is 2.69 bits per heavy atom. The number of nitrogens with zero attached hydrogens (tertiary/aromatic N) is 1. The van der Waals surface area contributed by atoms with Gasteiger partial charge in [-0.3, -0.25) is 0 Å². The smallest absolute Gasteiger partial charge is 0.137 e. The van der Waals surface area contributed by atoms with Crippen LogP contribution in [0.1, 0.15) is 77.2 Å². The van der Waals surface area contributed by atoms with Crippen molar-refractivity contribution in [1.82, 2.24) is 0 Å². The first-order valence-electron chi connectivity index (χ1n) is 13.1. The number of hydrogen-bond acceptors (Lipinski definition) is 4. The van der Waals surface area contributed by atoms with Gasteiger partial charge in [0.05, 0.1) is 16.7 Å². The summed E-state index contributed by atoms with van der Waals surface area (Å²) in [6.07, 6.45) is 6.84. The molecule has 6 heteroatoms. The number of alkyl halides is 1. The van der Waals surface area contributed by atoms with Crippen LogP contribution in [0.2, 0.25) is 0 Å². The first-order chi connectivity index (χ1) is 16.6. The molecule has 0 aliphatic heterocycles. The monoisotopic (exact) mass is 483 g/mol. The van der Waals surface area contributed by atoms with Crippen LogP contribution >= 0.6 is 0 Å². The van der Waals surface area contributed by atoms with Gasteiger partial charge in [0.1, 0.15) is 35.9 Å². The Bertz CT molecular complexity index is 1090. The van der Waals surface area contributed by atoms with Gasteiger partial charge >= 0.3 is 0 Å². The third kappa shape index (κ3) is 4.02. The molecule has 0 amide bonds. The fraction of sp³-hybridized carbons (Fsp3) is 0.690. The van der Waals surface area contributed by atoms with Crippen molar-refractivity contribution >= 4 is 5.94 Å². The van der Waals surface area contributed by atoms with Gasteiger partial charge in [-0.05, 0) is 118 Å². The Morgan fingerprint density at radius 2 is 1.94 bits per heavy atom. The van der Waals surface area contributed by atoms with Crippen molar-refractivity contribution in [3.05, 3.63) is 35.2 Å². The number of ether oxygens (including phenoxy) is 1. The third-order valence-corrected chi connectivity index (χ3v) is 10.3. The molecule has 1 aromatic rings. The highest BCUT2D eigenvalue weighted by molar-refractivity contribution is 5.55. The number of benzene rings is 1. The second-order valence-electron chi connectivity index (χ2n) is 12.1. The molecule has 4 nitrogen and oxygen atoms in total. The molecule has 4 fully saturated rings. The van der Waals surface area contributed by atoms with Gasteiger partial charge < -0.3 is 9.84 Å². The Hall–Kier alpha value is -2.22. The Balaban J connectivity index is 1.33. The van der Waals surface area contributed by atoms with Gasteiger partial charge in [0.15, 0.2) is 0 Å². The van der Waals surface area contributed by atoms with E-state index >= 15 is 4.39 Å². The van der Waals surface area contributed by atoms with E-state index in [4.69, 9.17) is 4.74 Å². The maximum absolute atomic E-state index is 16.6. The van der Waals surface area contributed by atoms with Crippen LogP contribution in [0.5, 0.6) is 5.75 Å². The molecule has 188 valence electrons. The Morgan fingerprint density at radius 1 is 1.14 bits per heavy atom. The third-order valence-electron chi connectivity index (χ3n) is 10.3. The fourth-order valence-corrected chi connectivity index (χ4v) is 8.62. The number of nitriles is 1. The van der Waals surface area contributed by atoms with Gasteiger partial charge in [0, 0.05) is 0 Å². The molecular formula is C29H35F2NO3. The molecule has 4 aliphatic carbocycles. The van der Waals surface area contributed by atoms with Crippen molar-refractivity contribution in [2.45, 2.75) is 82.9 Å².